The number of carbonyl (C=O) groups is 4. The third-order valence-electron chi connectivity index (χ3n) is 6.74. The van der Waals surface area contributed by atoms with Crippen molar-refractivity contribution in [3.63, 3.8) is 0 Å². The normalized spacial score (nSPS) is 21.9. The van der Waals surface area contributed by atoms with E-state index in [0.29, 0.717) is 24.3 Å². The molecule has 5 N–H and O–H groups in total. The smallest absolute Gasteiger partial charge is 0.352 e. The van der Waals surface area contributed by atoms with Crippen LogP contribution in [0.5, 0.6) is 0 Å². The number of carboxylic acid groups (broad SMARTS) is 2. The molecule has 0 bridgehead atoms. The summed E-state index contributed by atoms with van der Waals surface area (Å²) >= 11 is 2.37. The first kappa shape index (κ1) is 27.3. The van der Waals surface area contributed by atoms with Crippen LogP contribution in [0.1, 0.15) is 25.0 Å². The minimum absolute atomic E-state index is 0.0645. The number of thiazole rings is 1. The molecule has 4 heterocycles. The number of nitrogen functional groups attached to an aromatic ring is 1. The number of oxime groups is 1. The number of β-lactam (4-membered cyclic amide) rings is 1. The standard InChI is InChI=1S/C25H24N6O7S2/c26-24-27-15(13-40-24)16(29-38-25(23(36)37)7-5-8-25)19(32)28-17-20(33)31-18(22(34)35)14(12-39-21(17)31)6-4-11-30-9-2-1-3-10-30/h1-4,6,9-10,13,17,21H,5,7-8,11-12H2,(H4-,26,27,28,32,34,35,36,37)/p+1/b6-4?,29-16-/t17?,21-/m0/s1. The molecular weight excluding hydrogens is 560 g/mol. The molecule has 0 spiro atoms. The third-order valence-corrected chi connectivity index (χ3v) is 8.72. The number of nitrogens with zero attached hydrogens (tertiary/aromatic N) is 4. The lowest BCUT2D eigenvalue weighted by molar-refractivity contribution is -0.687. The lowest BCUT2D eigenvalue weighted by Gasteiger charge is -2.49. The summed E-state index contributed by atoms with van der Waals surface area (Å²) < 4.78 is 1.92. The van der Waals surface area contributed by atoms with Gasteiger partial charge < -0.3 is 26.1 Å². The van der Waals surface area contributed by atoms with Crippen molar-refractivity contribution in [2.75, 3.05) is 11.5 Å². The molecule has 3 aliphatic rings. The zero-order chi connectivity index (χ0) is 28.4. The highest BCUT2D eigenvalue weighted by molar-refractivity contribution is 8.00. The van der Waals surface area contributed by atoms with Crippen molar-refractivity contribution in [3.8, 4) is 0 Å². The van der Waals surface area contributed by atoms with Gasteiger partial charge in [-0.15, -0.1) is 23.1 Å². The van der Waals surface area contributed by atoms with Gasteiger partial charge in [-0.25, -0.2) is 19.1 Å². The average Bonchev–Trinajstić information content (AvgIpc) is 3.34. The number of thioether (sulfide) groups is 1. The van der Waals surface area contributed by atoms with Crippen LogP contribution in [0, 0.1) is 0 Å². The highest BCUT2D eigenvalue weighted by atomic mass is 32.2. The SMILES string of the molecule is Nc1nc(/C(=N/OC2(C(=O)O)CCC2)C(=O)NC2C(=O)N3C(C(=O)O)=C(C=CC[n+]4ccccc4)CS[C@@H]23)cs1. The van der Waals surface area contributed by atoms with Crippen molar-refractivity contribution in [2.45, 2.75) is 42.8 Å². The predicted molar refractivity (Wildman–Crippen MR) is 144 cm³/mol. The fourth-order valence-corrected chi connectivity index (χ4v) is 6.30. The summed E-state index contributed by atoms with van der Waals surface area (Å²) in [5.41, 5.74) is 4.27. The number of rotatable bonds is 10. The van der Waals surface area contributed by atoms with Gasteiger partial charge in [-0.2, -0.15) is 0 Å². The topological polar surface area (TPSA) is 188 Å². The molecule has 2 aromatic heterocycles. The Hall–Kier alpha value is -4.24. The number of allylic oxidation sites excluding steroid dienone is 2. The van der Waals surface area contributed by atoms with Crippen LogP contribution in [0.15, 0.2) is 64.6 Å². The maximum atomic E-state index is 13.3. The fourth-order valence-electron chi connectivity index (χ4n) is 4.43. The highest BCUT2D eigenvalue weighted by Gasteiger charge is 2.54. The van der Waals surface area contributed by atoms with Gasteiger partial charge in [-0.3, -0.25) is 14.5 Å². The number of hydrogen-bond acceptors (Lipinski definition) is 10. The number of carboxylic acids is 2. The van der Waals surface area contributed by atoms with Crippen LogP contribution in [-0.4, -0.2) is 72.3 Å². The average molecular weight is 586 g/mol. The number of nitrogens with two attached hydrogens (primary N) is 1. The van der Waals surface area contributed by atoms with Gasteiger partial charge in [0.05, 0.1) is 0 Å². The van der Waals surface area contributed by atoms with E-state index in [2.05, 4.69) is 15.5 Å². The first-order chi connectivity index (χ1) is 19.2. The second-order valence-electron chi connectivity index (χ2n) is 9.27. The molecule has 1 saturated carbocycles. The number of pyridine rings is 1. The molecule has 1 aliphatic carbocycles. The minimum Gasteiger partial charge on any atom is -0.478 e. The van der Waals surface area contributed by atoms with Crippen molar-refractivity contribution in [3.05, 3.63) is 65.1 Å². The van der Waals surface area contributed by atoms with Crippen LogP contribution < -0.4 is 15.6 Å². The van der Waals surface area contributed by atoms with Gasteiger partial charge in [0.2, 0.25) is 5.60 Å². The molecule has 2 amide bonds. The van der Waals surface area contributed by atoms with E-state index in [9.17, 15) is 29.4 Å². The Bertz CT molecular complexity index is 1450. The summed E-state index contributed by atoms with van der Waals surface area (Å²) in [5.74, 6) is -3.54. The summed E-state index contributed by atoms with van der Waals surface area (Å²) in [7, 11) is 0. The van der Waals surface area contributed by atoms with Gasteiger partial charge in [0.1, 0.15) is 22.8 Å². The molecule has 2 aliphatic heterocycles. The van der Waals surface area contributed by atoms with E-state index in [1.807, 2.05) is 41.2 Å². The van der Waals surface area contributed by atoms with E-state index < -0.39 is 40.8 Å². The number of amides is 2. The van der Waals surface area contributed by atoms with Crippen LogP contribution in [0.25, 0.3) is 0 Å². The molecule has 0 radical (unpaired) electrons. The Kier molecular flexibility index (Phi) is 7.58. The first-order valence-electron chi connectivity index (χ1n) is 12.2. The Morgan fingerprint density at radius 2 is 2.02 bits per heavy atom. The fraction of sp³-hybridized carbons (Fsp3) is 0.320. The van der Waals surface area contributed by atoms with E-state index in [4.69, 9.17) is 10.6 Å². The van der Waals surface area contributed by atoms with Gasteiger partial charge in [-0.05, 0) is 18.1 Å². The summed E-state index contributed by atoms with van der Waals surface area (Å²) in [6, 6.07) is 4.62. The lowest BCUT2D eigenvalue weighted by atomic mass is 9.80. The predicted octanol–water partition coefficient (Wildman–Crippen LogP) is 0.736. The van der Waals surface area contributed by atoms with Crippen molar-refractivity contribution >= 4 is 57.7 Å². The Morgan fingerprint density at radius 1 is 1.27 bits per heavy atom. The van der Waals surface area contributed by atoms with Crippen molar-refractivity contribution in [1.82, 2.24) is 15.2 Å². The summed E-state index contributed by atoms with van der Waals surface area (Å²) in [6.45, 7) is 0.520. The van der Waals surface area contributed by atoms with E-state index in [-0.39, 0.29) is 35.1 Å². The van der Waals surface area contributed by atoms with Crippen molar-refractivity contribution in [1.29, 1.82) is 0 Å². The van der Waals surface area contributed by atoms with Crippen LogP contribution >= 0.6 is 23.1 Å². The molecule has 208 valence electrons. The largest absolute Gasteiger partial charge is 0.478 e. The number of aromatic nitrogens is 2. The van der Waals surface area contributed by atoms with E-state index in [0.717, 1.165) is 11.3 Å². The minimum atomic E-state index is -1.53. The molecule has 40 heavy (non-hydrogen) atoms. The maximum Gasteiger partial charge on any atom is 0.352 e. The third kappa shape index (κ3) is 5.16. The molecular formula is C25H25N6O7S2+. The monoisotopic (exact) mass is 585 g/mol. The molecule has 1 saturated heterocycles. The number of fused-ring (bicyclic) bond motifs is 1. The summed E-state index contributed by atoms with van der Waals surface area (Å²) in [4.78, 5) is 60.7. The van der Waals surface area contributed by atoms with Crippen molar-refractivity contribution in [2.24, 2.45) is 5.16 Å². The van der Waals surface area contributed by atoms with Gasteiger partial charge in [0.15, 0.2) is 29.8 Å². The molecule has 2 aromatic rings. The van der Waals surface area contributed by atoms with Crippen molar-refractivity contribution < 1.29 is 38.8 Å². The molecule has 15 heteroatoms. The Labute approximate surface area is 236 Å². The van der Waals surface area contributed by atoms with Gasteiger partial charge in [0.25, 0.3) is 11.8 Å². The second-order valence-corrected chi connectivity index (χ2v) is 11.3. The number of nitrogens with one attached hydrogen (secondary N) is 1. The molecule has 13 nitrogen and oxygen atoms in total. The first-order valence-corrected chi connectivity index (χ1v) is 14.2. The van der Waals surface area contributed by atoms with E-state index in [1.165, 1.54) is 22.0 Å². The van der Waals surface area contributed by atoms with Crippen LogP contribution in [-0.2, 0) is 30.6 Å². The molecule has 5 rings (SSSR count). The number of carbonyl (C=O) groups excluding carboxylic acids is 2. The second kappa shape index (κ2) is 11.1. The van der Waals surface area contributed by atoms with Crippen LogP contribution in [0.3, 0.4) is 0 Å². The number of anilines is 1. The zero-order valence-corrected chi connectivity index (χ0v) is 22.6. The van der Waals surface area contributed by atoms with E-state index in [1.54, 1.807) is 6.08 Å². The Balaban J connectivity index is 1.32. The summed E-state index contributed by atoms with van der Waals surface area (Å²) in [6.07, 6.45) is 8.38. The number of hydrogen-bond donors (Lipinski definition) is 4. The molecule has 2 atom stereocenters. The lowest BCUT2D eigenvalue weighted by Crippen LogP contribution is -2.71. The Morgan fingerprint density at radius 3 is 2.62 bits per heavy atom. The quantitative estimate of drug-likeness (QED) is 0.134. The van der Waals surface area contributed by atoms with Gasteiger partial charge in [0, 0.05) is 36.1 Å². The maximum absolute atomic E-state index is 13.3. The highest BCUT2D eigenvalue weighted by Crippen LogP contribution is 2.41. The number of aliphatic carboxylic acids is 2. The molecule has 2 fully saturated rings. The van der Waals surface area contributed by atoms with Gasteiger partial charge >= 0.3 is 11.9 Å². The zero-order valence-electron chi connectivity index (χ0n) is 20.9. The summed E-state index contributed by atoms with van der Waals surface area (Å²) in [5, 5.41) is 26.8. The molecule has 1 unspecified atom stereocenters. The van der Waals surface area contributed by atoms with Crippen LogP contribution in [0.2, 0.25) is 0 Å². The molecule has 0 aromatic carbocycles. The van der Waals surface area contributed by atoms with Gasteiger partial charge in [-0.1, -0.05) is 17.3 Å². The van der Waals surface area contributed by atoms with Crippen LogP contribution in [0.4, 0.5) is 5.13 Å². The van der Waals surface area contributed by atoms with E-state index >= 15 is 0 Å².